The maximum absolute atomic E-state index is 12.9. The minimum Gasteiger partial charge on any atom is -0.394 e. The van der Waals surface area contributed by atoms with Gasteiger partial charge in [-0.05, 0) is 12.0 Å². The van der Waals surface area contributed by atoms with E-state index < -0.39 is 6.04 Å². The number of ketones is 1. The van der Waals surface area contributed by atoms with Gasteiger partial charge in [-0.1, -0.05) is 41.9 Å². The lowest BCUT2D eigenvalue weighted by Gasteiger charge is -2.20. The van der Waals surface area contributed by atoms with E-state index in [-0.39, 0.29) is 12.4 Å². The molecule has 2 aromatic heterocycles. The first-order valence-electron chi connectivity index (χ1n) is 9.86. The molecule has 1 aromatic carbocycles. The Labute approximate surface area is 185 Å². The van der Waals surface area contributed by atoms with Crippen molar-refractivity contribution < 1.29 is 14.6 Å². The van der Waals surface area contributed by atoms with Gasteiger partial charge in [0.05, 0.1) is 31.2 Å². The number of carbonyl (C=O) groups is 1. The number of benzene rings is 1. The Hall–Kier alpha value is -3.01. The van der Waals surface area contributed by atoms with E-state index in [1.54, 1.807) is 24.2 Å². The first-order chi connectivity index (χ1) is 15.1. The molecule has 31 heavy (non-hydrogen) atoms. The predicted octanol–water partition coefficient (Wildman–Crippen LogP) is 3.21. The summed E-state index contributed by atoms with van der Waals surface area (Å²) >= 11 is 6.32. The quantitative estimate of drug-likeness (QED) is 0.365. The molecule has 0 amide bonds. The maximum Gasteiger partial charge on any atom is 0.229 e. The second-order valence-electron chi connectivity index (χ2n) is 6.78. The number of methoxy groups -OCH3 is 1. The van der Waals surface area contributed by atoms with Crippen LogP contribution in [0.1, 0.15) is 24.4 Å². The van der Waals surface area contributed by atoms with Gasteiger partial charge in [0.15, 0.2) is 11.6 Å². The molecule has 10 heteroatoms. The Morgan fingerprint density at radius 3 is 2.84 bits per heavy atom. The fourth-order valence-corrected chi connectivity index (χ4v) is 3.12. The second-order valence-corrected chi connectivity index (χ2v) is 7.19. The molecule has 0 fully saturated rings. The lowest BCUT2D eigenvalue weighted by molar-refractivity contribution is -0.120. The maximum atomic E-state index is 12.9. The molecule has 1 atom stereocenters. The fourth-order valence-electron chi connectivity index (χ4n) is 2.98. The summed E-state index contributed by atoms with van der Waals surface area (Å²) in [5, 5.41) is 19.7. The van der Waals surface area contributed by atoms with Crippen molar-refractivity contribution in [1.29, 1.82) is 0 Å². The van der Waals surface area contributed by atoms with Crippen molar-refractivity contribution in [2.75, 3.05) is 31.0 Å². The number of Topliss-reactive ketones (excluding diaryl/α,β-unsaturated/α-hetero) is 1. The number of rotatable bonds is 12. The van der Waals surface area contributed by atoms with E-state index in [0.717, 1.165) is 5.56 Å². The molecule has 2 heterocycles. The average Bonchev–Trinajstić information content (AvgIpc) is 3.22. The largest absolute Gasteiger partial charge is 0.394 e. The van der Waals surface area contributed by atoms with Crippen LogP contribution < -0.4 is 10.6 Å². The molecule has 3 aromatic rings. The number of nitrogens with one attached hydrogen (secondary N) is 2. The molecule has 0 saturated carbocycles. The number of nitrogens with zero attached hydrogens (tertiary/aromatic N) is 4. The van der Waals surface area contributed by atoms with E-state index in [1.165, 1.54) is 6.20 Å². The summed E-state index contributed by atoms with van der Waals surface area (Å²) in [6.45, 7) is 0.894. The highest BCUT2D eigenvalue weighted by Crippen LogP contribution is 2.27. The summed E-state index contributed by atoms with van der Waals surface area (Å²) in [7, 11) is 1.61. The molecule has 0 spiro atoms. The number of ether oxygens (including phenoxy) is 1. The van der Waals surface area contributed by atoms with Crippen LogP contribution in [0.4, 0.5) is 17.5 Å². The monoisotopic (exact) mass is 444 g/mol. The molecular formula is C21H25ClN6O3. The van der Waals surface area contributed by atoms with Crippen LogP contribution in [0.15, 0.2) is 48.9 Å². The molecule has 0 saturated heterocycles. The normalized spacial score (nSPS) is 11.8. The van der Waals surface area contributed by atoms with E-state index >= 15 is 0 Å². The Balaban J connectivity index is 1.79. The summed E-state index contributed by atoms with van der Waals surface area (Å²) in [6, 6.07) is 8.82. The molecular weight excluding hydrogens is 420 g/mol. The van der Waals surface area contributed by atoms with Crippen molar-refractivity contribution >= 4 is 34.8 Å². The molecule has 9 nitrogen and oxygen atoms in total. The number of aliphatic hydroxyl groups excluding tert-OH is 1. The Morgan fingerprint density at radius 1 is 1.29 bits per heavy atom. The number of hydrogen-bond donors (Lipinski definition) is 3. The predicted molar refractivity (Wildman–Crippen MR) is 119 cm³/mol. The van der Waals surface area contributed by atoms with Gasteiger partial charge in [-0.3, -0.25) is 9.48 Å². The SMILES string of the molecule is COCCCC(=O)[C@@H](Nc1nc(Nc2cnn(CCO)c2)ncc1Cl)c1ccccc1. The second kappa shape index (κ2) is 11.4. The molecule has 0 aliphatic carbocycles. The lowest BCUT2D eigenvalue weighted by atomic mass is 9.99. The topological polar surface area (TPSA) is 114 Å². The summed E-state index contributed by atoms with van der Waals surface area (Å²) in [5.74, 6) is 0.655. The zero-order chi connectivity index (χ0) is 22.1. The van der Waals surface area contributed by atoms with Crippen LogP contribution in [-0.4, -0.2) is 51.0 Å². The minimum absolute atomic E-state index is 0.00802. The third-order valence-corrected chi connectivity index (χ3v) is 4.75. The van der Waals surface area contributed by atoms with Crippen molar-refractivity contribution in [3.63, 3.8) is 0 Å². The molecule has 0 unspecified atom stereocenters. The molecule has 164 valence electrons. The highest BCUT2D eigenvalue weighted by molar-refractivity contribution is 6.32. The smallest absolute Gasteiger partial charge is 0.229 e. The molecule has 3 N–H and O–H groups in total. The number of aliphatic hydroxyl groups is 1. The van der Waals surface area contributed by atoms with E-state index in [4.69, 9.17) is 21.4 Å². The van der Waals surface area contributed by atoms with Crippen LogP contribution in [-0.2, 0) is 16.1 Å². The van der Waals surface area contributed by atoms with Gasteiger partial charge in [-0.15, -0.1) is 0 Å². The van der Waals surface area contributed by atoms with Gasteiger partial charge in [-0.2, -0.15) is 10.1 Å². The first kappa shape index (κ1) is 22.7. The fraction of sp³-hybridized carbons (Fsp3) is 0.333. The van der Waals surface area contributed by atoms with Crippen molar-refractivity contribution in [2.45, 2.75) is 25.4 Å². The van der Waals surface area contributed by atoms with Crippen LogP contribution in [0.25, 0.3) is 0 Å². The summed E-state index contributed by atoms with van der Waals surface area (Å²) in [5.41, 5.74) is 1.48. The Bertz CT molecular complexity index is 982. The van der Waals surface area contributed by atoms with Gasteiger partial charge in [-0.25, -0.2) is 4.98 Å². The molecule has 0 aliphatic heterocycles. The minimum atomic E-state index is -0.606. The van der Waals surface area contributed by atoms with Crippen molar-refractivity contribution in [1.82, 2.24) is 19.7 Å². The summed E-state index contributed by atoms with van der Waals surface area (Å²) < 4.78 is 6.66. The van der Waals surface area contributed by atoms with Crippen LogP contribution in [0, 0.1) is 0 Å². The number of halogens is 1. The lowest BCUT2D eigenvalue weighted by Crippen LogP contribution is -2.22. The van der Waals surface area contributed by atoms with Crippen molar-refractivity contribution in [3.05, 3.63) is 59.5 Å². The standard InChI is InChI=1S/C21H25ClN6O3/c1-31-11-5-8-18(30)19(15-6-3-2-4-7-15)26-20-17(22)13-23-21(27-20)25-16-12-24-28(14-16)9-10-29/h2-4,6-7,12-14,19,29H,5,8-11H2,1H3,(H2,23,25,26,27)/t19-/m0/s1. The van der Waals surface area contributed by atoms with E-state index in [1.807, 2.05) is 30.3 Å². The number of aromatic nitrogens is 4. The average molecular weight is 445 g/mol. The third kappa shape index (κ3) is 6.48. The van der Waals surface area contributed by atoms with Crippen molar-refractivity contribution in [2.24, 2.45) is 0 Å². The zero-order valence-electron chi connectivity index (χ0n) is 17.2. The number of hydrogen-bond acceptors (Lipinski definition) is 8. The van der Waals surface area contributed by atoms with E-state index in [9.17, 15) is 4.79 Å². The van der Waals surface area contributed by atoms with Crippen LogP contribution in [0.5, 0.6) is 0 Å². The third-order valence-electron chi connectivity index (χ3n) is 4.47. The van der Waals surface area contributed by atoms with Gasteiger partial charge in [0.2, 0.25) is 5.95 Å². The summed E-state index contributed by atoms with van der Waals surface area (Å²) in [4.78, 5) is 21.6. The number of anilines is 3. The Kier molecular flexibility index (Phi) is 8.34. The van der Waals surface area contributed by atoms with Crippen molar-refractivity contribution in [3.8, 4) is 0 Å². The van der Waals surface area contributed by atoms with Gasteiger partial charge in [0, 0.05) is 26.3 Å². The summed E-state index contributed by atoms with van der Waals surface area (Å²) in [6.07, 6.45) is 5.79. The van der Waals surface area contributed by atoms with Gasteiger partial charge >= 0.3 is 0 Å². The first-order valence-corrected chi connectivity index (χ1v) is 10.2. The van der Waals surface area contributed by atoms with Gasteiger partial charge in [0.25, 0.3) is 0 Å². The van der Waals surface area contributed by atoms with Crippen LogP contribution >= 0.6 is 11.6 Å². The molecule has 0 bridgehead atoms. The van der Waals surface area contributed by atoms with Crippen LogP contribution in [0.3, 0.4) is 0 Å². The van der Waals surface area contributed by atoms with Gasteiger partial charge in [0.1, 0.15) is 11.1 Å². The molecule has 3 rings (SSSR count). The highest BCUT2D eigenvalue weighted by atomic mass is 35.5. The Morgan fingerprint density at radius 2 is 2.10 bits per heavy atom. The van der Waals surface area contributed by atoms with Gasteiger partial charge < -0.3 is 20.5 Å². The number of carbonyl (C=O) groups excluding carboxylic acids is 1. The highest BCUT2D eigenvalue weighted by Gasteiger charge is 2.22. The van der Waals surface area contributed by atoms with Crippen LogP contribution in [0.2, 0.25) is 5.02 Å². The molecule has 0 aliphatic rings. The molecule has 0 radical (unpaired) electrons. The zero-order valence-corrected chi connectivity index (χ0v) is 17.9. The van der Waals surface area contributed by atoms with E-state index in [0.29, 0.717) is 48.5 Å². The van der Waals surface area contributed by atoms with E-state index in [2.05, 4.69) is 25.7 Å².